The van der Waals surface area contributed by atoms with E-state index >= 15 is 0 Å². The van der Waals surface area contributed by atoms with Crippen molar-refractivity contribution in [1.29, 1.82) is 0 Å². The van der Waals surface area contributed by atoms with Gasteiger partial charge in [-0.2, -0.15) is 0 Å². The molecule has 3 rings (SSSR count). The molecular formula is C25H26N2O7S. The number of carbonyl (C=O) groups is 4. The summed E-state index contributed by atoms with van der Waals surface area (Å²) in [6.07, 6.45) is 1.54. The second kappa shape index (κ2) is 12.1. The maximum absolute atomic E-state index is 12.8. The minimum Gasteiger partial charge on any atom is -0.490 e. The molecule has 1 aliphatic heterocycles. The third-order valence-corrected chi connectivity index (χ3v) is 5.60. The number of amides is 3. The van der Waals surface area contributed by atoms with Crippen molar-refractivity contribution in [2.45, 2.75) is 20.8 Å². The molecule has 1 saturated heterocycles. The summed E-state index contributed by atoms with van der Waals surface area (Å²) in [5.41, 5.74) is 2.15. The van der Waals surface area contributed by atoms with Gasteiger partial charge in [-0.1, -0.05) is 18.2 Å². The topological polar surface area (TPSA) is 111 Å². The van der Waals surface area contributed by atoms with Gasteiger partial charge in [-0.05, 0) is 74.0 Å². The maximum Gasteiger partial charge on any atom is 0.344 e. The largest absolute Gasteiger partial charge is 0.490 e. The summed E-state index contributed by atoms with van der Waals surface area (Å²) in [5.74, 6) is -0.805. The second-order valence-electron chi connectivity index (χ2n) is 7.42. The van der Waals surface area contributed by atoms with Crippen molar-refractivity contribution in [1.82, 2.24) is 4.90 Å². The van der Waals surface area contributed by atoms with E-state index in [9.17, 15) is 19.2 Å². The van der Waals surface area contributed by atoms with Crippen molar-refractivity contribution < 1.29 is 33.4 Å². The van der Waals surface area contributed by atoms with Crippen LogP contribution in [0, 0.1) is 6.92 Å². The molecule has 9 nitrogen and oxygen atoms in total. The molecule has 1 aliphatic rings. The molecule has 0 unspecified atom stereocenters. The smallest absolute Gasteiger partial charge is 0.344 e. The average molecular weight is 499 g/mol. The average Bonchev–Trinajstić information content (AvgIpc) is 3.06. The Kier molecular flexibility index (Phi) is 8.91. The van der Waals surface area contributed by atoms with E-state index in [1.807, 2.05) is 13.0 Å². The van der Waals surface area contributed by atoms with Gasteiger partial charge in [0.1, 0.15) is 6.54 Å². The third-order valence-electron chi connectivity index (χ3n) is 4.69. The summed E-state index contributed by atoms with van der Waals surface area (Å²) in [7, 11) is 0. The summed E-state index contributed by atoms with van der Waals surface area (Å²) < 4.78 is 15.9. The Labute approximate surface area is 207 Å². The van der Waals surface area contributed by atoms with Crippen molar-refractivity contribution in [2.24, 2.45) is 0 Å². The summed E-state index contributed by atoms with van der Waals surface area (Å²) in [6, 6.07) is 12.1. The molecule has 0 spiro atoms. The van der Waals surface area contributed by atoms with Gasteiger partial charge in [0.25, 0.3) is 11.1 Å². The summed E-state index contributed by atoms with van der Waals surface area (Å²) in [6.45, 7) is 5.35. The Morgan fingerprint density at radius 1 is 1.03 bits per heavy atom. The fraction of sp³-hybridized carbons (Fsp3) is 0.280. The van der Waals surface area contributed by atoms with E-state index in [1.54, 1.807) is 56.3 Å². The highest BCUT2D eigenvalue weighted by molar-refractivity contribution is 8.18. The molecular weight excluding hydrogens is 472 g/mol. The first-order valence-corrected chi connectivity index (χ1v) is 11.8. The fourth-order valence-electron chi connectivity index (χ4n) is 3.20. The second-order valence-corrected chi connectivity index (χ2v) is 8.41. The number of nitrogens with zero attached hydrogens (tertiary/aromatic N) is 1. The van der Waals surface area contributed by atoms with Gasteiger partial charge in [0, 0.05) is 5.69 Å². The first-order valence-electron chi connectivity index (χ1n) is 11.0. The summed E-state index contributed by atoms with van der Waals surface area (Å²) in [4.78, 5) is 50.3. The molecule has 1 fully saturated rings. The van der Waals surface area contributed by atoms with E-state index in [4.69, 9.17) is 14.2 Å². The van der Waals surface area contributed by atoms with Crippen molar-refractivity contribution >= 4 is 46.5 Å². The highest BCUT2D eigenvalue weighted by Gasteiger charge is 2.36. The molecule has 3 amide bonds. The molecule has 0 aliphatic carbocycles. The summed E-state index contributed by atoms with van der Waals surface area (Å²) in [5, 5.41) is 2.17. The van der Waals surface area contributed by atoms with E-state index in [1.165, 1.54) is 0 Å². The number of hydrogen-bond acceptors (Lipinski definition) is 8. The zero-order valence-corrected chi connectivity index (χ0v) is 20.5. The Hall–Kier alpha value is -3.79. The molecule has 2 aromatic carbocycles. The van der Waals surface area contributed by atoms with Crippen LogP contribution >= 0.6 is 11.8 Å². The van der Waals surface area contributed by atoms with E-state index in [0.717, 1.165) is 22.2 Å². The molecule has 35 heavy (non-hydrogen) atoms. The van der Waals surface area contributed by atoms with Gasteiger partial charge >= 0.3 is 5.97 Å². The standard InChI is InChI=1S/C25H26N2O7S/c1-4-32-20-12-17(9-10-19(20)34-15-23(29)33-5-2)13-21-24(30)27(25(31)35-21)14-22(28)26-18-8-6-7-16(3)11-18/h6-13H,4-5,14-15H2,1-3H3,(H,26,28). The molecule has 0 bridgehead atoms. The van der Waals surface area contributed by atoms with Crippen molar-refractivity contribution in [3.05, 3.63) is 58.5 Å². The number of rotatable bonds is 10. The van der Waals surface area contributed by atoms with Crippen LogP contribution in [0.15, 0.2) is 47.4 Å². The predicted molar refractivity (Wildman–Crippen MR) is 132 cm³/mol. The van der Waals surface area contributed by atoms with Gasteiger partial charge in [0.2, 0.25) is 5.91 Å². The molecule has 184 valence electrons. The highest BCUT2D eigenvalue weighted by atomic mass is 32.2. The Morgan fingerprint density at radius 3 is 2.54 bits per heavy atom. The molecule has 2 aromatic rings. The molecule has 0 radical (unpaired) electrons. The molecule has 10 heteroatoms. The number of benzene rings is 2. The van der Waals surface area contributed by atoms with Crippen LogP contribution in [0.25, 0.3) is 6.08 Å². The number of hydrogen-bond donors (Lipinski definition) is 1. The van der Waals surface area contributed by atoms with Crippen LogP contribution in [0.3, 0.4) is 0 Å². The predicted octanol–water partition coefficient (Wildman–Crippen LogP) is 4.01. The minimum absolute atomic E-state index is 0.181. The minimum atomic E-state index is -0.556. The monoisotopic (exact) mass is 498 g/mol. The Bertz CT molecular complexity index is 1160. The molecule has 0 saturated carbocycles. The Balaban J connectivity index is 1.70. The number of ether oxygens (including phenoxy) is 3. The molecule has 0 aromatic heterocycles. The van der Waals surface area contributed by atoms with E-state index in [-0.39, 0.29) is 24.7 Å². The lowest BCUT2D eigenvalue weighted by Crippen LogP contribution is -2.36. The highest BCUT2D eigenvalue weighted by Crippen LogP contribution is 2.34. The van der Waals surface area contributed by atoms with Gasteiger partial charge in [0.05, 0.1) is 18.1 Å². The third kappa shape index (κ3) is 7.10. The lowest BCUT2D eigenvalue weighted by molar-refractivity contribution is -0.145. The number of aryl methyl sites for hydroxylation is 1. The van der Waals surface area contributed by atoms with Crippen molar-refractivity contribution in [3.63, 3.8) is 0 Å². The molecule has 1 N–H and O–H groups in total. The number of thioether (sulfide) groups is 1. The number of anilines is 1. The van der Waals surface area contributed by atoms with Crippen LogP contribution in [-0.2, 0) is 19.1 Å². The molecule has 1 heterocycles. The first-order chi connectivity index (χ1) is 16.8. The Morgan fingerprint density at radius 2 is 1.83 bits per heavy atom. The normalized spacial score (nSPS) is 14.3. The lowest BCUT2D eigenvalue weighted by Gasteiger charge is -2.13. The van der Waals surface area contributed by atoms with Crippen molar-refractivity contribution in [2.75, 3.05) is 31.7 Å². The maximum atomic E-state index is 12.8. The number of esters is 1. The van der Waals surface area contributed by atoms with Crippen LogP contribution in [0.1, 0.15) is 25.0 Å². The van der Waals surface area contributed by atoms with Gasteiger partial charge in [0.15, 0.2) is 18.1 Å². The van der Waals surface area contributed by atoms with Crippen LogP contribution in [0.2, 0.25) is 0 Å². The zero-order chi connectivity index (χ0) is 25.4. The van der Waals surface area contributed by atoms with Crippen LogP contribution < -0.4 is 14.8 Å². The lowest BCUT2D eigenvalue weighted by atomic mass is 10.2. The van der Waals surface area contributed by atoms with Crippen LogP contribution in [-0.4, -0.2) is 54.3 Å². The first kappa shape index (κ1) is 25.8. The summed E-state index contributed by atoms with van der Waals surface area (Å²) >= 11 is 0.756. The van der Waals surface area contributed by atoms with Crippen LogP contribution in [0.4, 0.5) is 10.5 Å². The van der Waals surface area contributed by atoms with Gasteiger partial charge in [-0.3, -0.25) is 19.3 Å². The van der Waals surface area contributed by atoms with E-state index in [2.05, 4.69) is 5.32 Å². The SMILES string of the molecule is CCOC(=O)COc1ccc(C=C2SC(=O)N(CC(=O)Nc3cccc(C)c3)C2=O)cc1OCC. The number of carbonyl (C=O) groups excluding carboxylic acids is 4. The number of nitrogens with one attached hydrogen (secondary N) is 1. The fourth-order valence-corrected chi connectivity index (χ4v) is 4.03. The zero-order valence-electron chi connectivity index (χ0n) is 19.7. The van der Waals surface area contributed by atoms with Gasteiger partial charge in [-0.25, -0.2) is 4.79 Å². The van der Waals surface area contributed by atoms with Gasteiger partial charge in [-0.15, -0.1) is 0 Å². The number of imide groups is 1. The van der Waals surface area contributed by atoms with E-state index in [0.29, 0.717) is 29.4 Å². The van der Waals surface area contributed by atoms with Crippen molar-refractivity contribution in [3.8, 4) is 11.5 Å². The van der Waals surface area contributed by atoms with E-state index < -0.39 is 23.0 Å². The van der Waals surface area contributed by atoms with Crippen LogP contribution in [0.5, 0.6) is 11.5 Å². The van der Waals surface area contributed by atoms with Gasteiger partial charge < -0.3 is 19.5 Å². The quantitative estimate of drug-likeness (QED) is 0.386. The molecule has 0 atom stereocenters.